The second-order valence-corrected chi connectivity index (χ2v) is 6.84. The van der Waals surface area contributed by atoms with Crippen molar-refractivity contribution in [2.24, 2.45) is 0 Å². The Bertz CT molecular complexity index is 1000. The van der Waals surface area contributed by atoms with Crippen molar-refractivity contribution in [2.75, 3.05) is 24.3 Å². The van der Waals surface area contributed by atoms with E-state index in [1.165, 1.54) is 5.69 Å². The van der Waals surface area contributed by atoms with Gasteiger partial charge in [-0.25, -0.2) is 4.98 Å². The summed E-state index contributed by atoms with van der Waals surface area (Å²) in [6.07, 6.45) is 1.81. The second kappa shape index (κ2) is 6.53. The van der Waals surface area contributed by atoms with Crippen LogP contribution in [-0.2, 0) is 0 Å². The van der Waals surface area contributed by atoms with Crippen molar-refractivity contribution in [3.05, 3.63) is 66.2 Å². The highest BCUT2D eigenvalue weighted by atomic mass is 32.1. The Labute approximate surface area is 150 Å². The highest BCUT2D eigenvalue weighted by molar-refractivity contribution is 7.14. The number of para-hydroxylation sites is 1. The number of nitrogens with one attached hydrogen (secondary N) is 1. The first-order valence-electron chi connectivity index (χ1n) is 8.05. The number of anilines is 3. The van der Waals surface area contributed by atoms with E-state index < -0.39 is 0 Å². The quantitative estimate of drug-likeness (QED) is 0.553. The van der Waals surface area contributed by atoms with Crippen LogP contribution in [0.15, 0.2) is 66.2 Å². The highest BCUT2D eigenvalue weighted by Gasteiger charge is 2.08. The fourth-order valence-corrected chi connectivity index (χ4v) is 3.45. The molecule has 0 spiro atoms. The molecule has 4 nitrogen and oxygen atoms in total. The molecule has 0 aliphatic heterocycles. The van der Waals surface area contributed by atoms with Crippen LogP contribution in [0.4, 0.5) is 16.5 Å². The van der Waals surface area contributed by atoms with Gasteiger partial charge in [0.2, 0.25) is 0 Å². The minimum atomic E-state index is 0.866. The van der Waals surface area contributed by atoms with E-state index in [0.29, 0.717) is 0 Å². The fourth-order valence-electron chi connectivity index (χ4n) is 2.71. The number of fused-ring (bicyclic) bond motifs is 1. The minimum absolute atomic E-state index is 0.866. The lowest BCUT2D eigenvalue weighted by atomic mass is 10.1. The lowest BCUT2D eigenvalue weighted by Crippen LogP contribution is -2.07. The van der Waals surface area contributed by atoms with Gasteiger partial charge in [-0.05, 0) is 24.3 Å². The van der Waals surface area contributed by atoms with Crippen LogP contribution in [0.2, 0.25) is 0 Å². The van der Waals surface area contributed by atoms with E-state index in [2.05, 4.69) is 57.0 Å². The Kier molecular flexibility index (Phi) is 4.07. The molecule has 0 atom stereocenters. The van der Waals surface area contributed by atoms with E-state index in [1.54, 1.807) is 11.3 Å². The van der Waals surface area contributed by atoms with Crippen molar-refractivity contribution in [1.82, 2.24) is 9.97 Å². The summed E-state index contributed by atoms with van der Waals surface area (Å²) >= 11 is 1.60. The third-order valence-corrected chi connectivity index (χ3v) is 4.82. The van der Waals surface area contributed by atoms with E-state index in [4.69, 9.17) is 4.98 Å². The first kappa shape index (κ1) is 15.6. The summed E-state index contributed by atoms with van der Waals surface area (Å²) in [5, 5.41) is 7.46. The smallest absolute Gasteiger partial charge is 0.187 e. The molecular formula is C20H18N4S. The third kappa shape index (κ3) is 3.19. The normalized spacial score (nSPS) is 10.8. The molecule has 0 aliphatic carbocycles. The standard InChI is InChI=1S/C20H18N4S/c1-24(2)16-10-8-14(9-11-16)18-13-25-20(23-18)22-17-7-3-5-15-6-4-12-21-19(15)17/h3-13H,1-2H3,(H,22,23). The molecule has 2 heterocycles. The van der Waals surface area contributed by atoms with Crippen LogP contribution in [-0.4, -0.2) is 24.1 Å². The number of benzene rings is 2. The molecule has 2 aromatic heterocycles. The van der Waals surface area contributed by atoms with Crippen molar-refractivity contribution in [2.45, 2.75) is 0 Å². The number of hydrogen-bond donors (Lipinski definition) is 1. The van der Waals surface area contributed by atoms with Gasteiger partial charge >= 0.3 is 0 Å². The largest absolute Gasteiger partial charge is 0.378 e. The first-order chi connectivity index (χ1) is 12.2. The van der Waals surface area contributed by atoms with Crippen LogP contribution in [0, 0.1) is 0 Å². The van der Waals surface area contributed by atoms with Crippen LogP contribution in [0.25, 0.3) is 22.2 Å². The molecule has 4 aromatic rings. The molecule has 0 fully saturated rings. The maximum Gasteiger partial charge on any atom is 0.187 e. The molecule has 124 valence electrons. The predicted molar refractivity (Wildman–Crippen MR) is 107 cm³/mol. The zero-order valence-corrected chi connectivity index (χ0v) is 14.9. The molecule has 2 aromatic carbocycles. The molecule has 0 unspecified atom stereocenters. The second-order valence-electron chi connectivity index (χ2n) is 5.98. The maximum atomic E-state index is 4.72. The lowest BCUT2D eigenvalue weighted by Gasteiger charge is -2.12. The van der Waals surface area contributed by atoms with Gasteiger partial charge in [0.1, 0.15) is 0 Å². The van der Waals surface area contributed by atoms with Crippen molar-refractivity contribution in [3.63, 3.8) is 0 Å². The molecule has 0 amide bonds. The number of hydrogen-bond acceptors (Lipinski definition) is 5. The molecular weight excluding hydrogens is 328 g/mol. The van der Waals surface area contributed by atoms with Gasteiger partial charge < -0.3 is 10.2 Å². The van der Waals surface area contributed by atoms with Crippen LogP contribution in [0.1, 0.15) is 0 Å². The summed E-state index contributed by atoms with van der Waals surface area (Å²) in [6.45, 7) is 0. The molecule has 5 heteroatoms. The third-order valence-electron chi connectivity index (χ3n) is 4.06. The summed E-state index contributed by atoms with van der Waals surface area (Å²) in [6, 6.07) is 18.6. The van der Waals surface area contributed by atoms with E-state index in [-0.39, 0.29) is 0 Å². The van der Waals surface area contributed by atoms with Crippen molar-refractivity contribution >= 4 is 38.7 Å². The summed E-state index contributed by atoms with van der Waals surface area (Å²) in [5.74, 6) is 0. The zero-order valence-electron chi connectivity index (χ0n) is 14.1. The van der Waals surface area contributed by atoms with E-state index >= 15 is 0 Å². The van der Waals surface area contributed by atoms with Gasteiger partial charge in [0.15, 0.2) is 5.13 Å². The van der Waals surface area contributed by atoms with Crippen molar-refractivity contribution in [1.29, 1.82) is 0 Å². The van der Waals surface area contributed by atoms with Crippen molar-refractivity contribution < 1.29 is 0 Å². The Morgan fingerprint density at radius 1 is 0.960 bits per heavy atom. The van der Waals surface area contributed by atoms with Gasteiger partial charge in [-0.15, -0.1) is 11.3 Å². The maximum absolute atomic E-state index is 4.72. The summed E-state index contributed by atoms with van der Waals surface area (Å²) < 4.78 is 0. The predicted octanol–water partition coefficient (Wildman–Crippen LogP) is 5.17. The Balaban J connectivity index is 1.61. The van der Waals surface area contributed by atoms with Gasteiger partial charge in [0.05, 0.1) is 16.9 Å². The molecule has 4 rings (SSSR count). The van der Waals surface area contributed by atoms with Gasteiger partial charge in [0.25, 0.3) is 0 Å². The fraction of sp³-hybridized carbons (Fsp3) is 0.100. The van der Waals surface area contributed by atoms with Crippen molar-refractivity contribution in [3.8, 4) is 11.3 Å². The van der Waals surface area contributed by atoms with Gasteiger partial charge in [-0.2, -0.15) is 0 Å². The number of aromatic nitrogens is 2. The average Bonchev–Trinajstić information content (AvgIpc) is 3.11. The van der Waals surface area contributed by atoms with E-state index in [0.717, 1.165) is 33.0 Å². The number of thiazole rings is 1. The van der Waals surface area contributed by atoms with E-state index in [9.17, 15) is 0 Å². The highest BCUT2D eigenvalue weighted by Crippen LogP contribution is 2.30. The van der Waals surface area contributed by atoms with Crippen LogP contribution < -0.4 is 10.2 Å². The lowest BCUT2D eigenvalue weighted by molar-refractivity contribution is 1.13. The van der Waals surface area contributed by atoms with E-state index in [1.807, 2.05) is 38.5 Å². The monoisotopic (exact) mass is 346 g/mol. The van der Waals surface area contributed by atoms with Crippen LogP contribution >= 0.6 is 11.3 Å². The van der Waals surface area contributed by atoms with Crippen LogP contribution in [0.5, 0.6) is 0 Å². The molecule has 0 aliphatic rings. The molecule has 0 saturated carbocycles. The molecule has 0 bridgehead atoms. The van der Waals surface area contributed by atoms with Gasteiger partial charge in [-0.3, -0.25) is 4.98 Å². The number of nitrogens with zero attached hydrogens (tertiary/aromatic N) is 3. The van der Waals surface area contributed by atoms with Crippen LogP contribution in [0.3, 0.4) is 0 Å². The topological polar surface area (TPSA) is 41.0 Å². The molecule has 25 heavy (non-hydrogen) atoms. The SMILES string of the molecule is CN(C)c1ccc(-c2csc(Nc3cccc4cccnc34)n2)cc1. The first-order valence-corrected chi connectivity index (χ1v) is 8.93. The summed E-state index contributed by atoms with van der Waals surface area (Å²) in [5.41, 5.74) is 5.20. The minimum Gasteiger partial charge on any atom is -0.378 e. The Morgan fingerprint density at radius 3 is 2.56 bits per heavy atom. The molecule has 1 N–H and O–H groups in total. The van der Waals surface area contributed by atoms with Gasteiger partial charge in [0, 0.05) is 42.3 Å². The Hall–Kier alpha value is -2.92. The van der Waals surface area contributed by atoms with Gasteiger partial charge in [-0.1, -0.05) is 30.3 Å². The molecule has 0 radical (unpaired) electrons. The number of rotatable bonds is 4. The number of pyridine rings is 1. The zero-order chi connectivity index (χ0) is 17.2. The Morgan fingerprint density at radius 2 is 1.76 bits per heavy atom. The average molecular weight is 346 g/mol. The molecule has 0 saturated heterocycles. The summed E-state index contributed by atoms with van der Waals surface area (Å²) in [4.78, 5) is 11.3. The summed E-state index contributed by atoms with van der Waals surface area (Å²) in [7, 11) is 4.08.